The minimum absolute atomic E-state index is 0.128. The average molecular weight is 1420 g/mol. The molecule has 10 aromatic carbocycles. The second-order valence-corrected chi connectivity index (χ2v) is 26.2. The van der Waals surface area contributed by atoms with Gasteiger partial charge < -0.3 is 37.2 Å². The molecular weight excluding hydrogens is 1330 g/mol. The van der Waals surface area contributed by atoms with Crippen molar-refractivity contribution < 1.29 is 14.1 Å². The molecule has 3 aliphatic heterocycles. The fraction of sp³-hybridized carbons (Fsp3) is 0.161. The Morgan fingerprint density at radius 2 is 1.05 bits per heavy atom. The number of nitrogens with one attached hydrogen (secondary N) is 3. The van der Waals surface area contributed by atoms with Crippen molar-refractivity contribution >= 4 is 101 Å². The van der Waals surface area contributed by atoms with Gasteiger partial charge in [0.05, 0.1) is 11.6 Å². The Morgan fingerprint density at radius 1 is 0.500 bits per heavy atom. The van der Waals surface area contributed by atoms with Gasteiger partial charge >= 0.3 is 0 Å². The van der Waals surface area contributed by atoms with Crippen LogP contribution in [0.5, 0.6) is 0 Å². The highest BCUT2D eigenvalue weighted by Gasteiger charge is 2.14. The summed E-state index contributed by atoms with van der Waals surface area (Å²) in [6.07, 6.45) is 4.17. The SMILES string of the molecule is Cc1cc2cc(Cl)ccc2[nH]1.Cc1cc2ccccc2cc1C#N.Cc1cc2ccccc2cc1F.Cc1ccc2c(c1)C(N)=NOC2.Cc1ccc2c(c1)CON=C2N.Cc1ccc2c(n1)NCCC2.Cc1ccc2cc(Cl)ccc2c1.Cc1ccc2cccnc2n1.Cc1cccc(C(=N)N)c1. The zero-order chi connectivity index (χ0) is 74.2. The molecule has 14 aromatic rings. The first-order valence-electron chi connectivity index (χ1n) is 33.9. The lowest BCUT2D eigenvalue weighted by molar-refractivity contribution is 0.125. The van der Waals surface area contributed by atoms with Crippen LogP contribution in [0.3, 0.4) is 0 Å². The molecule has 0 radical (unpaired) electrons. The number of H-pyrrole nitrogens is 1. The van der Waals surface area contributed by atoms with Crippen molar-refractivity contribution in [1.29, 1.82) is 10.7 Å². The number of oxime groups is 2. The Morgan fingerprint density at radius 3 is 1.75 bits per heavy atom. The van der Waals surface area contributed by atoms with Crippen molar-refractivity contribution in [1.82, 2.24) is 19.9 Å². The molecule has 14 nitrogen and oxygen atoms in total. The number of amidine groups is 3. The van der Waals surface area contributed by atoms with E-state index >= 15 is 0 Å². The zero-order valence-electron chi connectivity index (χ0n) is 59.9. The number of pyridine rings is 3. The summed E-state index contributed by atoms with van der Waals surface area (Å²) >= 11 is 11.7. The van der Waals surface area contributed by atoms with E-state index < -0.39 is 0 Å². The van der Waals surface area contributed by atoms with Crippen molar-refractivity contribution in [2.24, 2.45) is 27.5 Å². The molecule has 526 valence electrons. The Kier molecular flexibility index (Phi) is 27.2. The van der Waals surface area contributed by atoms with Crippen molar-refractivity contribution in [2.45, 2.75) is 88.4 Å². The lowest BCUT2D eigenvalue weighted by atomic mass is 10.0. The first-order valence-corrected chi connectivity index (χ1v) is 34.7. The van der Waals surface area contributed by atoms with Gasteiger partial charge in [-0.3, -0.25) is 5.41 Å². The second kappa shape index (κ2) is 37.1. The molecule has 0 atom stereocenters. The molecular formula is C87H85Cl2FN12O2. The molecule has 3 aliphatic rings. The Bertz CT molecular complexity index is 5350. The largest absolute Gasteiger partial charge is 0.389 e. The molecule has 17 rings (SSSR count). The number of nitrogens with two attached hydrogens (primary N) is 3. The molecule has 17 heteroatoms. The number of nitrogens with zero attached hydrogens (tertiary/aromatic N) is 6. The van der Waals surface area contributed by atoms with Gasteiger partial charge in [0, 0.05) is 84.0 Å². The molecule has 7 heterocycles. The number of hydrogen-bond donors (Lipinski definition) is 6. The highest BCUT2D eigenvalue weighted by atomic mass is 35.5. The summed E-state index contributed by atoms with van der Waals surface area (Å²) in [6, 6.07) is 77.6. The number of aryl methyl sites for hydroxylation is 10. The van der Waals surface area contributed by atoms with Crippen LogP contribution in [0.15, 0.2) is 247 Å². The summed E-state index contributed by atoms with van der Waals surface area (Å²) in [4.78, 5) is 25.9. The molecule has 4 aromatic heterocycles. The van der Waals surface area contributed by atoms with Gasteiger partial charge in [-0.2, -0.15) is 5.26 Å². The molecule has 0 saturated carbocycles. The molecule has 0 fully saturated rings. The third kappa shape index (κ3) is 22.3. The van der Waals surface area contributed by atoms with Crippen molar-refractivity contribution in [3.63, 3.8) is 0 Å². The Balaban J connectivity index is 0.000000136. The third-order valence-corrected chi connectivity index (χ3v) is 17.2. The number of nitrogen functional groups attached to an aromatic ring is 1. The predicted octanol–water partition coefficient (Wildman–Crippen LogP) is 20.5. The number of rotatable bonds is 1. The fourth-order valence-electron chi connectivity index (χ4n) is 11.3. The van der Waals surface area contributed by atoms with Crippen molar-refractivity contribution in [3.05, 3.63) is 342 Å². The number of aromatic amines is 1. The van der Waals surface area contributed by atoms with Gasteiger partial charge in [-0.25, -0.2) is 19.3 Å². The fourth-order valence-corrected chi connectivity index (χ4v) is 11.6. The highest BCUT2D eigenvalue weighted by Crippen LogP contribution is 2.25. The van der Waals surface area contributed by atoms with E-state index in [0.29, 0.717) is 30.4 Å². The van der Waals surface area contributed by atoms with Gasteiger partial charge in [0.1, 0.15) is 30.7 Å². The van der Waals surface area contributed by atoms with Gasteiger partial charge in [0.15, 0.2) is 17.3 Å². The molecule has 0 unspecified atom stereocenters. The molecule has 9 N–H and O–H groups in total. The quantitative estimate of drug-likeness (QED) is 0.0672. The van der Waals surface area contributed by atoms with Gasteiger partial charge in [-0.1, -0.05) is 189 Å². The maximum Gasteiger partial charge on any atom is 0.170 e. The molecule has 0 bridgehead atoms. The summed E-state index contributed by atoms with van der Waals surface area (Å²) in [5, 5.41) is 37.3. The number of anilines is 1. The topological polar surface area (TPSA) is 235 Å². The third-order valence-electron chi connectivity index (χ3n) is 16.7. The average Bonchev–Trinajstić information content (AvgIpc) is 1.71. The van der Waals surface area contributed by atoms with Crippen LogP contribution in [0.25, 0.3) is 54.3 Å². The van der Waals surface area contributed by atoms with Crippen LogP contribution in [0.4, 0.5) is 10.2 Å². The Labute approximate surface area is 617 Å². The highest BCUT2D eigenvalue weighted by molar-refractivity contribution is 6.31. The molecule has 0 saturated heterocycles. The molecule has 0 spiro atoms. The lowest BCUT2D eigenvalue weighted by Crippen LogP contribution is -2.20. The number of hydrogen-bond acceptors (Lipinski definition) is 12. The van der Waals surface area contributed by atoms with E-state index in [1.54, 1.807) is 19.2 Å². The van der Waals surface area contributed by atoms with Crippen LogP contribution in [0.2, 0.25) is 10.0 Å². The standard InChI is InChI=1S/C12H9N.C11H9Cl.C11H9F.C9H8ClN.2C9H10N2O.C9H12N2.C9H8N2.C8H10N2/c1-9-6-10-4-2-3-5-11(10)7-12(9)8-13;1-8-2-3-10-7-11(12)5-4-9(10)6-8;1-8-6-9-4-2-3-5-10(9)7-11(8)12;1-6-4-7-5-8(10)2-3-9(7)11-6;1-6-2-3-8-7(4-6)5-12-11-9(8)10;1-6-2-3-7-5-12-11-9(10)8(7)4-6;2*1-7-4-5-8-3-2-6-10-9(8)11-7;1-6-3-2-4-7(5-6)8(9)10/h2-7H,1H3;2*2-7H,1H3;2-5,11H,1H3;2*2-4H,5H2,1H3,(H2,10,11);4-5H,2-3,6H2,1H3,(H,10,11);2-6H,1H3;2-5H,1H3,(H3,9,10). The van der Waals surface area contributed by atoms with Crippen LogP contribution in [-0.2, 0) is 29.3 Å². The van der Waals surface area contributed by atoms with Crippen LogP contribution in [0, 0.1) is 84.9 Å². The smallest absolute Gasteiger partial charge is 0.170 e. The van der Waals surface area contributed by atoms with Gasteiger partial charge in [0.25, 0.3) is 0 Å². The van der Waals surface area contributed by atoms with Crippen LogP contribution >= 0.6 is 23.2 Å². The summed E-state index contributed by atoms with van der Waals surface area (Å²) in [5.74, 6) is 2.03. The van der Waals surface area contributed by atoms with E-state index in [0.717, 1.165) is 111 Å². The molecule has 104 heavy (non-hydrogen) atoms. The van der Waals surface area contributed by atoms with E-state index in [2.05, 4.69) is 97.1 Å². The number of aromatic nitrogens is 4. The summed E-state index contributed by atoms with van der Waals surface area (Å²) in [7, 11) is 0. The van der Waals surface area contributed by atoms with Crippen LogP contribution < -0.4 is 22.5 Å². The van der Waals surface area contributed by atoms with E-state index in [9.17, 15) is 4.39 Å². The minimum Gasteiger partial charge on any atom is -0.389 e. The van der Waals surface area contributed by atoms with Crippen LogP contribution in [0.1, 0.15) is 95.8 Å². The Hall–Kier alpha value is -12.0. The molecule has 0 aliphatic carbocycles. The zero-order valence-corrected chi connectivity index (χ0v) is 61.4. The first-order chi connectivity index (χ1) is 50.0. The van der Waals surface area contributed by atoms with Gasteiger partial charge in [0.2, 0.25) is 0 Å². The summed E-state index contributed by atoms with van der Waals surface area (Å²) in [6.45, 7) is 20.0. The van der Waals surface area contributed by atoms with Crippen molar-refractivity contribution in [3.8, 4) is 6.07 Å². The summed E-state index contributed by atoms with van der Waals surface area (Å²) in [5.41, 5.74) is 35.5. The van der Waals surface area contributed by atoms with Crippen LogP contribution in [-0.4, -0.2) is 44.0 Å². The second-order valence-electron chi connectivity index (χ2n) is 25.4. The maximum atomic E-state index is 13.0. The number of halogens is 3. The van der Waals surface area contributed by atoms with Crippen molar-refractivity contribution in [2.75, 3.05) is 11.9 Å². The van der Waals surface area contributed by atoms with E-state index in [1.165, 1.54) is 62.3 Å². The number of benzene rings is 10. The van der Waals surface area contributed by atoms with Gasteiger partial charge in [-0.05, 0) is 221 Å². The van der Waals surface area contributed by atoms with Gasteiger partial charge in [-0.15, -0.1) is 0 Å². The first kappa shape index (κ1) is 76.2. The summed E-state index contributed by atoms with van der Waals surface area (Å²) < 4.78 is 13.0. The number of nitriles is 1. The maximum absolute atomic E-state index is 13.0. The number of fused-ring (bicyclic) bond motifs is 8. The minimum atomic E-state index is -0.131. The molecule has 0 amide bonds. The lowest BCUT2D eigenvalue weighted by Gasteiger charge is -2.16. The normalized spacial score (nSPS) is 11.8. The monoisotopic (exact) mass is 1420 g/mol. The van der Waals surface area contributed by atoms with E-state index in [1.807, 2.05) is 224 Å². The van der Waals surface area contributed by atoms with E-state index in [-0.39, 0.29) is 11.7 Å². The van der Waals surface area contributed by atoms with E-state index in [4.69, 9.17) is 60.7 Å². The predicted molar refractivity (Wildman–Crippen MR) is 429 cm³/mol.